The molecule has 3 aromatic rings. The summed E-state index contributed by atoms with van der Waals surface area (Å²) < 4.78 is 1.23. The van der Waals surface area contributed by atoms with E-state index >= 15 is 0 Å². The minimum Gasteiger partial charge on any atom is -0.480 e. The lowest BCUT2D eigenvalue weighted by Gasteiger charge is -2.38. The van der Waals surface area contributed by atoms with E-state index in [2.05, 4.69) is 41.1 Å². The van der Waals surface area contributed by atoms with Crippen molar-refractivity contribution in [2.24, 2.45) is 0 Å². The number of pyridine rings is 1. The molecule has 2 atom stereocenters. The number of aryl methyl sites for hydroxylation is 1. The van der Waals surface area contributed by atoms with E-state index in [1.807, 2.05) is 24.4 Å². The summed E-state index contributed by atoms with van der Waals surface area (Å²) >= 11 is 1.74. The molecule has 1 N–H and O–H groups in total. The zero-order valence-electron chi connectivity index (χ0n) is 14.8. The van der Waals surface area contributed by atoms with Gasteiger partial charge in [0, 0.05) is 22.3 Å². The van der Waals surface area contributed by atoms with Crippen LogP contribution in [0.4, 0.5) is 0 Å². The molecule has 1 saturated heterocycles. The van der Waals surface area contributed by atoms with Crippen molar-refractivity contribution in [3.8, 4) is 0 Å². The maximum atomic E-state index is 11.9. The number of hydrogen-bond acceptors (Lipinski definition) is 4. The number of hydrogen-bond donors (Lipinski definition) is 1. The van der Waals surface area contributed by atoms with Crippen LogP contribution in [-0.2, 0) is 4.79 Å². The highest BCUT2D eigenvalue weighted by Crippen LogP contribution is 2.39. The lowest BCUT2D eigenvalue weighted by Crippen LogP contribution is -2.47. The molecule has 0 radical (unpaired) electrons. The predicted molar refractivity (Wildman–Crippen MR) is 105 cm³/mol. The van der Waals surface area contributed by atoms with Crippen LogP contribution in [0.5, 0.6) is 0 Å². The fraction of sp³-hybridized carbons (Fsp3) is 0.333. The zero-order chi connectivity index (χ0) is 18.1. The number of piperidine rings is 1. The summed E-state index contributed by atoms with van der Waals surface area (Å²) in [7, 11) is 0. The van der Waals surface area contributed by atoms with Gasteiger partial charge < -0.3 is 5.11 Å². The Morgan fingerprint density at radius 1 is 1.27 bits per heavy atom. The predicted octanol–water partition coefficient (Wildman–Crippen LogP) is 4.63. The fourth-order valence-electron chi connectivity index (χ4n) is 3.90. The van der Waals surface area contributed by atoms with Crippen LogP contribution in [0.2, 0.25) is 0 Å². The van der Waals surface area contributed by atoms with Gasteiger partial charge in [0.05, 0.1) is 11.7 Å². The molecule has 1 fully saturated rings. The van der Waals surface area contributed by atoms with Crippen molar-refractivity contribution in [1.82, 2.24) is 9.88 Å². The summed E-state index contributed by atoms with van der Waals surface area (Å²) in [5.41, 5.74) is 2.07. The molecule has 2 aromatic heterocycles. The zero-order valence-corrected chi connectivity index (χ0v) is 15.6. The van der Waals surface area contributed by atoms with E-state index in [0.29, 0.717) is 6.42 Å². The van der Waals surface area contributed by atoms with Crippen molar-refractivity contribution in [1.29, 1.82) is 0 Å². The Morgan fingerprint density at radius 2 is 2.12 bits per heavy atom. The van der Waals surface area contributed by atoms with Gasteiger partial charge in [-0.1, -0.05) is 30.7 Å². The molecule has 1 aliphatic rings. The molecule has 134 valence electrons. The molecule has 0 aliphatic carbocycles. The van der Waals surface area contributed by atoms with Crippen LogP contribution in [0.3, 0.4) is 0 Å². The van der Waals surface area contributed by atoms with E-state index in [4.69, 9.17) is 0 Å². The van der Waals surface area contributed by atoms with Crippen LogP contribution >= 0.6 is 11.3 Å². The number of aliphatic carboxylic acids is 1. The van der Waals surface area contributed by atoms with Gasteiger partial charge in [-0.05, 0) is 48.9 Å². The maximum absolute atomic E-state index is 11.9. The number of likely N-dealkylation sites (tertiary alicyclic amines) is 1. The van der Waals surface area contributed by atoms with Crippen molar-refractivity contribution in [3.63, 3.8) is 0 Å². The number of carboxylic acid groups (broad SMARTS) is 1. The van der Waals surface area contributed by atoms with Crippen LogP contribution in [0.15, 0.2) is 48.7 Å². The van der Waals surface area contributed by atoms with Crippen molar-refractivity contribution in [2.45, 2.75) is 38.3 Å². The smallest absolute Gasteiger partial charge is 0.320 e. The third kappa shape index (κ3) is 3.13. The second-order valence-corrected chi connectivity index (χ2v) is 8.00. The Kier molecular flexibility index (Phi) is 4.74. The fourth-order valence-corrected chi connectivity index (χ4v) is 5.09. The average molecular weight is 366 g/mol. The third-order valence-corrected chi connectivity index (χ3v) is 6.35. The van der Waals surface area contributed by atoms with Gasteiger partial charge in [-0.25, -0.2) is 0 Å². The first-order valence-electron chi connectivity index (χ1n) is 9.03. The number of fused-ring (bicyclic) bond motifs is 1. The molecule has 0 amide bonds. The maximum Gasteiger partial charge on any atom is 0.320 e. The van der Waals surface area contributed by atoms with Crippen LogP contribution in [0.1, 0.15) is 41.4 Å². The highest BCUT2D eigenvalue weighted by Gasteiger charge is 2.37. The third-order valence-electron chi connectivity index (χ3n) is 5.18. The molecular weight excluding hydrogens is 344 g/mol. The van der Waals surface area contributed by atoms with Gasteiger partial charge in [-0.2, -0.15) is 0 Å². The van der Waals surface area contributed by atoms with Crippen molar-refractivity contribution >= 4 is 27.4 Å². The lowest BCUT2D eigenvalue weighted by atomic mass is 9.96. The summed E-state index contributed by atoms with van der Waals surface area (Å²) in [5.74, 6) is -0.732. The van der Waals surface area contributed by atoms with E-state index in [1.54, 1.807) is 11.3 Å². The highest BCUT2D eigenvalue weighted by molar-refractivity contribution is 7.19. The minimum atomic E-state index is -0.732. The number of benzene rings is 1. The van der Waals surface area contributed by atoms with Gasteiger partial charge >= 0.3 is 5.97 Å². The van der Waals surface area contributed by atoms with E-state index in [0.717, 1.165) is 30.6 Å². The Balaban J connectivity index is 1.86. The molecule has 1 aromatic carbocycles. The Morgan fingerprint density at radius 3 is 2.88 bits per heavy atom. The Labute approximate surface area is 157 Å². The quantitative estimate of drug-likeness (QED) is 0.731. The molecule has 0 saturated carbocycles. The number of nitrogens with zero attached hydrogens (tertiary/aromatic N) is 2. The summed E-state index contributed by atoms with van der Waals surface area (Å²) in [6, 6.07) is 13.9. The topological polar surface area (TPSA) is 53.4 Å². The molecule has 26 heavy (non-hydrogen) atoms. The monoisotopic (exact) mass is 366 g/mol. The van der Waals surface area contributed by atoms with Crippen molar-refractivity contribution in [3.05, 3.63) is 64.8 Å². The van der Waals surface area contributed by atoms with Gasteiger partial charge in [0.1, 0.15) is 6.04 Å². The second-order valence-electron chi connectivity index (χ2n) is 6.88. The van der Waals surface area contributed by atoms with Gasteiger partial charge in [0.2, 0.25) is 0 Å². The SMILES string of the molecule is Cc1cccnc1C(c1cc2ccccc2s1)N1CCCCC1C(=O)O. The number of carbonyl (C=O) groups is 1. The van der Waals surface area contributed by atoms with E-state index < -0.39 is 12.0 Å². The number of thiophene rings is 1. The minimum absolute atomic E-state index is 0.116. The molecule has 5 heteroatoms. The van der Waals surface area contributed by atoms with Crippen LogP contribution in [-0.4, -0.2) is 33.5 Å². The summed E-state index contributed by atoms with van der Waals surface area (Å²) in [5, 5.41) is 11.0. The van der Waals surface area contributed by atoms with E-state index in [9.17, 15) is 9.90 Å². The Hall–Kier alpha value is -2.24. The van der Waals surface area contributed by atoms with Crippen LogP contribution in [0, 0.1) is 6.92 Å². The standard InChI is InChI=1S/C21H22N2O2S/c1-14-7-6-11-22-19(14)20(23-12-5-4-9-16(23)21(24)25)18-13-15-8-2-3-10-17(15)26-18/h2-3,6-8,10-11,13,16,20H,4-5,9,12H2,1H3,(H,24,25). The first-order chi connectivity index (χ1) is 12.6. The molecule has 0 spiro atoms. The van der Waals surface area contributed by atoms with Gasteiger partial charge in [0.15, 0.2) is 0 Å². The molecule has 0 bridgehead atoms. The normalized spacial score (nSPS) is 19.5. The average Bonchev–Trinajstić information content (AvgIpc) is 3.07. The Bertz CT molecular complexity index is 903. The van der Waals surface area contributed by atoms with Crippen LogP contribution in [0.25, 0.3) is 10.1 Å². The van der Waals surface area contributed by atoms with Gasteiger partial charge in [0.25, 0.3) is 0 Å². The van der Waals surface area contributed by atoms with E-state index in [1.165, 1.54) is 15.0 Å². The largest absolute Gasteiger partial charge is 0.480 e. The first-order valence-corrected chi connectivity index (χ1v) is 9.85. The molecule has 3 heterocycles. The molecule has 4 nitrogen and oxygen atoms in total. The highest BCUT2D eigenvalue weighted by atomic mass is 32.1. The first kappa shape index (κ1) is 17.2. The lowest BCUT2D eigenvalue weighted by molar-refractivity contribution is -0.145. The van der Waals surface area contributed by atoms with Crippen LogP contribution < -0.4 is 0 Å². The van der Waals surface area contributed by atoms with Crippen molar-refractivity contribution in [2.75, 3.05) is 6.54 Å². The summed E-state index contributed by atoms with van der Waals surface area (Å²) in [4.78, 5) is 19.9. The summed E-state index contributed by atoms with van der Waals surface area (Å²) in [6.07, 6.45) is 4.50. The van der Waals surface area contributed by atoms with E-state index in [-0.39, 0.29) is 6.04 Å². The molecule has 4 rings (SSSR count). The number of aromatic nitrogens is 1. The number of rotatable bonds is 4. The second kappa shape index (κ2) is 7.17. The molecular formula is C21H22N2O2S. The summed E-state index contributed by atoms with van der Waals surface area (Å²) in [6.45, 7) is 2.84. The van der Waals surface area contributed by atoms with Gasteiger partial charge in [-0.15, -0.1) is 11.3 Å². The van der Waals surface area contributed by atoms with Gasteiger partial charge in [-0.3, -0.25) is 14.7 Å². The molecule has 2 unspecified atom stereocenters. The number of carboxylic acids is 1. The molecule has 1 aliphatic heterocycles. The van der Waals surface area contributed by atoms with Crippen molar-refractivity contribution < 1.29 is 9.90 Å².